The number of benzene rings is 3. The van der Waals surface area contributed by atoms with Gasteiger partial charge in [0.2, 0.25) is 0 Å². The van der Waals surface area contributed by atoms with E-state index >= 15 is 0 Å². The monoisotopic (exact) mass is 492 g/mol. The highest BCUT2D eigenvalue weighted by molar-refractivity contribution is 7.87. The van der Waals surface area contributed by atoms with E-state index in [2.05, 4.69) is 0 Å². The number of rotatable bonds is 4. The number of hydrogen-bond donors (Lipinski definition) is 3. The molecule has 3 rings (SSSR count). The summed E-state index contributed by atoms with van der Waals surface area (Å²) in [7, 11) is -5.07. The second-order valence-electron chi connectivity index (χ2n) is 6.08. The van der Waals surface area contributed by atoms with E-state index < -0.39 is 26.4 Å². The Bertz CT molecular complexity index is 1200. The van der Waals surface area contributed by atoms with E-state index in [1.807, 2.05) is 0 Å². The Morgan fingerprint density at radius 3 is 1.83 bits per heavy atom. The molecule has 3 aromatic rings. The lowest BCUT2D eigenvalue weighted by molar-refractivity contribution is 0.455. The fourth-order valence-electron chi connectivity index (χ4n) is 3.16. The van der Waals surface area contributed by atoms with E-state index in [1.165, 1.54) is 48.5 Å². The molecule has 0 aliphatic rings. The fraction of sp³-hybridized carbons (Fsp3) is 0.0526. The molecule has 5 nitrogen and oxygen atoms in total. The van der Waals surface area contributed by atoms with E-state index in [-0.39, 0.29) is 31.8 Å². The quantitative estimate of drug-likeness (QED) is 0.311. The van der Waals surface area contributed by atoms with Crippen molar-refractivity contribution in [3.05, 3.63) is 91.4 Å². The standard InChI is InChI=1S/C19H12Cl4O5S/c20-12-4-1-10(2-5-12)19(29(26,27)28,11-3-6-13(21)16(25)9-11)17-14(22)7-8-15(24)18(17)23/h1-9,24-25H,(H,26,27,28). The topological polar surface area (TPSA) is 94.8 Å². The van der Waals surface area contributed by atoms with Crippen molar-refractivity contribution < 1.29 is 23.2 Å². The highest BCUT2D eigenvalue weighted by atomic mass is 35.5. The summed E-state index contributed by atoms with van der Waals surface area (Å²) in [5.74, 6) is -0.884. The maximum absolute atomic E-state index is 13.0. The van der Waals surface area contributed by atoms with Crippen LogP contribution in [0.2, 0.25) is 20.1 Å². The summed E-state index contributed by atoms with van der Waals surface area (Å²) in [5, 5.41) is 20.0. The molecule has 0 aliphatic carbocycles. The first-order valence-electron chi connectivity index (χ1n) is 7.89. The Morgan fingerprint density at radius 1 is 0.724 bits per heavy atom. The van der Waals surface area contributed by atoms with E-state index in [1.54, 1.807) is 0 Å². The molecule has 152 valence electrons. The van der Waals surface area contributed by atoms with Crippen LogP contribution in [0, 0.1) is 0 Å². The van der Waals surface area contributed by atoms with Gasteiger partial charge in [0.15, 0.2) is 4.75 Å². The Kier molecular flexibility index (Phi) is 5.98. The summed E-state index contributed by atoms with van der Waals surface area (Å²) in [4.78, 5) is 0. The van der Waals surface area contributed by atoms with Crippen LogP contribution in [0.4, 0.5) is 0 Å². The molecule has 10 heteroatoms. The molecule has 0 saturated heterocycles. The first-order chi connectivity index (χ1) is 13.5. The van der Waals surface area contributed by atoms with Gasteiger partial charge in [0.25, 0.3) is 10.1 Å². The van der Waals surface area contributed by atoms with Crippen molar-refractivity contribution in [2.45, 2.75) is 4.75 Å². The van der Waals surface area contributed by atoms with Crippen LogP contribution in [0.5, 0.6) is 11.5 Å². The number of phenols is 2. The molecule has 0 spiro atoms. The minimum absolute atomic E-state index is 0.0144. The smallest absolute Gasteiger partial charge is 0.283 e. The molecule has 0 heterocycles. The van der Waals surface area contributed by atoms with Gasteiger partial charge < -0.3 is 10.2 Å². The number of aromatic hydroxyl groups is 2. The van der Waals surface area contributed by atoms with Crippen LogP contribution >= 0.6 is 46.4 Å². The lowest BCUT2D eigenvalue weighted by Crippen LogP contribution is -2.38. The van der Waals surface area contributed by atoms with Gasteiger partial charge in [0.05, 0.1) is 10.0 Å². The number of halogens is 4. The molecular weight excluding hydrogens is 482 g/mol. The molecule has 0 amide bonds. The molecule has 0 aromatic heterocycles. The van der Waals surface area contributed by atoms with E-state index in [0.717, 1.165) is 6.07 Å². The largest absolute Gasteiger partial charge is 0.506 e. The maximum Gasteiger partial charge on any atom is 0.283 e. The van der Waals surface area contributed by atoms with E-state index in [4.69, 9.17) is 46.4 Å². The minimum atomic E-state index is -5.07. The van der Waals surface area contributed by atoms with Gasteiger partial charge in [-0.25, -0.2) is 0 Å². The summed E-state index contributed by atoms with van der Waals surface area (Å²) in [5.41, 5.74) is -0.397. The average molecular weight is 494 g/mol. The third-order valence-electron chi connectivity index (χ3n) is 4.41. The molecule has 0 saturated carbocycles. The van der Waals surface area contributed by atoms with Gasteiger partial charge in [0.1, 0.15) is 11.5 Å². The molecular formula is C19H12Cl4O5S. The van der Waals surface area contributed by atoms with E-state index in [0.29, 0.717) is 5.02 Å². The van der Waals surface area contributed by atoms with Gasteiger partial charge in [-0.2, -0.15) is 8.42 Å². The predicted octanol–water partition coefficient (Wildman–Crippen LogP) is 5.89. The molecule has 0 radical (unpaired) electrons. The third kappa shape index (κ3) is 3.65. The Morgan fingerprint density at radius 2 is 1.28 bits per heavy atom. The van der Waals surface area contributed by atoms with Crippen molar-refractivity contribution in [1.29, 1.82) is 0 Å². The van der Waals surface area contributed by atoms with Gasteiger partial charge in [-0.15, -0.1) is 0 Å². The maximum atomic E-state index is 13.0. The third-order valence-corrected chi connectivity index (χ3v) is 7.13. The van der Waals surface area contributed by atoms with Gasteiger partial charge in [0, 0.05) is 15.6 Å². The second kappa shape index (κ2) is 7.87. The van der Waals surface area contributed by atoms with Gasteiger partial charge in [-0.1, -0.05) is 64.6 Å². The van der Waals surface area contributed by atoms with Gasteiger partial charge in [-0.05, 0) is 47.5 Å². The van der Waals surface area contributed by atoms with Gasteiger partial charge >= 0.3 is 0 Å². The summed E-state index contributed by atoms with van der Waals surface area (Å²) in [6, 6.07) is 11.6. The van der Waals surface area contributed by atoms with Crippen molar-refractivity contribution in [1.82, 2.24) is 0 Å². The summed E-state index contributed by atoms with van der Waals surface area (Å²) < 4.78 is 34.0. The Labute approximate surface area is 186 Å². The molecule has 3 N–H and O–H groups in total. The lowest BCUT2D eigenvalue weighted by atomic mass is 9.83. The molecule has 1 atom stereocenters. The highest BCUT2D eigenvalue weighted by Gasteiger charge is 2.51. The zero-order chi connectivity index (χ0) is 21.6. The fourth-order valence-corrected chi connectivity index (χ4v) is 5.50. The van der Waals surface area contributed by atoms with Crippen LogP contribution in [0.3, 0.4) is 0 Å². The van der Waals surface area contributed by atoms with Crippen LogP contribution in [0.25, 0.3) is 0 Å². The van der Waals surface area contributed by atoms with Gasteiger partial charge in [-0.3, -0.25) is 4.55 Å². The summed E-state index contributed by atoms with van der Waals surface area (Å²) in [6.45, 7) is 0. The van der Waals surface area contributed by atoms with Crippen molar-refractivity contribution in [3.63, 3.8) is 0 Å². The zero-order valence-corrected chi connectivity index (χ0v) is 18.1. The molecule has 0 fully saturated rings. The minimum Gasteiger partial charge on any atom is -0.506 e. The van der Waals surface area contributed by atoms with Crippen LogP contribution in [-0.2, 0) is 14.9 Å². The Hall–Kier alpha value is -1.67. The molecule has 0 bridgehead atoms. The molecule has 29 heavy (non-hydrogen) atoms. The molecule has 3 aromatic carbocycles. The summed E-state index contributed by atoms with van der Waals surface area (Å²) in [6.07, 6.45) is 0. The van der Waals surface area contributed by atoms with Crippen LogP contribution in [-0.4, -0.2) is 23.2 Å². The summed E-state index contributed by atoms with van der Waals surface area (Å²) >= 11 is 24.4. The lowest BCUT2D eigenvalue weighted by Gasteiger charge is -2.34. The zero-order valence-electron chi connectivity index (χ0n) is 14.3. The number of phenolic OH excluding ortho intramolecular Hbond substituents is 2. The van der Waals surface area contributed by atoms with Crippen molar-refractivity contribution >= 4 is 56.5 Å². The van der Waals surface area contributed by atoms with Crippen molar-refractivity contribution in [2.24, 2.45) is 0 Å². The van der Waals surface area contributed by atoms with Crippen LogP contribution in [0.1, 0.15) is 16.7 Å². The first-order valence-corrected chi connectivity index (χ1v) is 10.8. The number of hydrogen-bond acceptors (Lipinski definition) is 4. The van der Waals surface area contributed by atoms with E-state index in [9.17, 15) is 23.2 Å². The van der Waals surface area contributed by atoms with Crippen LogP contribution < -0.4 is 0 Å². The van der Waals surface area contributed by atoms with Crippen molar-refractivity contribution in [2.75, 3.05) is 0 Å². The van der Waals surface area contributed by atoms with Crippen molar-refractivity contribution in [3.8, 4) is 11.5 Å². The Balaban J connectivity index is 2.61. The molecule has 1 unspecified atom stereocenters. The average Bonchev–Trinajstić information content (AvgIpc) is 2.64. The molecule has 0 aliphatic heterocycles. The first kappa shape index (κ1) is 22.0. The second-order valence-corrected chi connectivity index (χ2v) is 9.28. The SMILES string of the molecule is O=S(=O)(O)C(c1ccc(Cl)cc1)(c1ccc(Cl)c(O)c1)c1c(Cl)ccc(O)c1Cl. The predicted molar refractivity (Wildman–Crippen MR) is 114 cm³/mol. The van der Waals surface area contributed by atoms with Crippen LogP contribution in [0.15, 0.2) is 54.6 Å². The highest BCUT2D eigenvalue weighted by Crippen LogP contribution is 2.51. The normalized spacial score (nSPS) is 13.8.